The molecule has 0 saturated heterocycles. The van der Waals surface area contributed by atoms with Crippen molar-refractivity contribution in [1.82, 2.24) is 0 Å². The summed E-state index contributed by atoms with van der Waals surface area (Å²) in [7, 11) is 0. The predicted molar refractivity (Wildman–Crippen MR) is 4.43 cm³/mol. The second-order valence-corrected chi connectivity index (χ2v) is 2.86. The summed E-state index contributed by atoms with van der Waals surface area (Å²) in [6.45, 7) is 0. The van der Waals surface area contributed by atoms with E-state index in [0.717, 1.165) is 0 Å². The molecule has 6 heteroatoms. The average Bonchev–Trinajstić information content (AvgIpc) is 0.722. The molecule has 0 aliphatic heterocycles. The molecule has 0 bridgehead atoms. The van der Waals surface area contributed by atoms with Gasteiger partial charge in [-0.15, -0.1) is 0 Å². The third-order valence-electron chi connectivity index (χ3n) is 0. The van der Waals surface area contributed by atoms with Crippen molar-refractivity contribution < 1.29 is 52.5 Å². The van der Waals surface area contributed by atoms with Crippen LogP contribution < -0.4 is 0 Å². The molecule has 0 saturated carbocycles. The Balaban J connectivity index is 0. The van der Waals surface area contributed by atoms with Crippen LogP contribution in [0, 0.1) is 0 Å². The van der Waals surface area contributed by atoms with Gasteiger partial charge in [0.15, 0.2) is 0 Å². The van der Waals surface area contributed by atoms with Crippen LogP contribution in [0.5, 0.6) is 0 Å². The first-order chi connectivity index (χ1) is 2.00. The SMILES string of the molecule is [F][W]([F])([F])[F].[Ti]. The molecule has 38 valence electrons. The van der Waals surface area contributed by atoms with Crippen LogP contribution in [0.1, 0.15) is 0 Å². The molecular formula is F4TiW. The quantitative estimate of drug-likeness (QED) is 0.472. The van der Waals surface area contributed by atoms with Crippen LogP contribution in [-0.2, 0) is 39.9 Å². The fourth-order valence-electron chi connectivity index (χ4n) is 0. The maximum Gasteiger partial charge on any atom is 0 e. The fourth-order valence-corrected chi connectivity index (χ4v) is 0. The minimum absolute atomic E-state index is 0. The summed E-state index contributed by atoms with van der Waals surface area (Å²) >= 11 is -7.17. The van der Waals surface area contributed by atoms with Crippen LogP contribution >= 0.6 is 0 Å². The maximum atomic E-state index is 9.90. The van der Waals surface area contributed by atoms with E-state index in [4.69, 9.17) is 0 Å². The molecule has 0 heterocycles. The molecule has 0 spiro atoms. The molecule has 0 aromatic carbocycles. The Bertz CT molecular complexity index is 23.0. The Morgan fingerprint density at radius 3 is 0.833 bits per heavy atom. The monoisotopic (exact) mass is 308 g/mol. The molecule has 0 aliphatic rings. The summed E-state index contributed by atoms with van der Waals surface area (Å²) in [5.41, 5.74) is 0. The molecule has 6 heavy (non-hydrogen) atoms. The molecule has 0 radical (unpaired) electrons. The Hall–Kier alpha value is 1.12. The Morgan fingerprint density at radius 2 is 0.833 bits per heavy atom. The number of hydrogen-bond donors (Lipinski definition) is 0. The van der Waals surface area contributed by atoms with E-state index in [1.165, 1.54) is 0 Å². The minimum atomic E-state index is -7.17. The van der Waals surface area contributed by atoms with Crippen molar-refractivity contribution in [2.24, 2.45) is 0 Å². The molecule has 0 fully saturated rings. The molecule has 0 aromatic heterocycles. The van der Waals surface area contributed by atoms with Gasteiger partial charge < -0.3 is 0 Å². The van der Waals surface area contributed by atoms with E-state index in [1.54, 1.807) is 0 Å². The summed E-state index contributed by atoms with van der Waals surface area (Å²) in [5.74, 6) is 0. The number of halogens is 4. The topological polar surface area (TPSA) is 0 Å². The normalized spacial score (nSPS) is 12.7. The van der Waals surface area contributed by atoms with Crippen LogP contribution in [-0.4, -0.2) is 0 Å². The molecular weight excluding hydrogens is 308 g/mol. The second-order valence-electron chi connectivity index (χ2n) is 0.350. The van der Waals surface area contributed by atoms with Crippen molar-refractivity contribution in [3.05, 3.63) is 0 Å². The third kappa shape index (κ3) is 69.1. The first-order valence-electron chi connectivity index (χ1n) is 0.617. The summed E-state index contributed by atoms with van der Waals surface area (Å²) in [6.07, 6.45) is 0. The summed E-state index contributed by atoms with van der Waals surface area (Å²) in [6, 6.07) is 0. The first kappa shape index (κ1) is 10.2. The van der Waals surface area contributed by atoms with E-state index in [1.807, 2.05) is 0 Å². The van der Waals surface area contributed by atoms with Gasteiger partial charge in [-0.3, -0.25) is 0 Å². The van der Waals surface area contributed by atoms with Crippen LogP contribution in [0.2, 0.25) is 0 Å². The van der Waals surface area contributed by atoms with Gasteiger partial charge in [-0.05, 0) is 0 Å². The van der Waals surface area contributed by atoms with Gasteiger partial charge >= 0.3 is 30.8 Å². The van der Waals surface area contributed by atoms with Crippen molar-refractivity contribution in [3.8, 4) is 0 Å². The molecule has 0 N–H and O–H groups in total. The van der Waals surface area contributed by atoms with E-state index < -0.39 is 18.2 Å². The third-order valence-corrected chi connectivity index (χ3v) is 0. The van der Waals surface area contributed by atoms with Crippen LogP contribution in [0.15, 0.2) is 0 Å². The molecule has 0 aromatic rings. The number of rotatable bonds is 0. The number of hydrogen-bond acceptors (Lipinski definition) is 0. The van der Waals surface area contributed by atoms with Crippen LogP contribution in [0.25, 0.3) is 0 Å². The Morgan fingerprint density at radius 1 is 0.833 bits per heavy atom. The van der Waals surface area contributed by atoms with Crippen LogP contribution in [0.4, 0.5) is 12.6 Å². The van der Waals surface area contributed by atoms with Crippen molar-refractivity contribution in [2.75, 3.05) is 0 Å². The second kappa shape index (κ2) is 3.17. The van der Waals surface area contributed by atoms with Crippen molar-refractivity contribution in [1.29, 1.82) is 0 Å². The first-order valence-corrected chi connectivity index (χ1v) is 5.05. The Labute approximate surface area is 52.6 Å². The van der Waals surface area contributed by atoms with E-state index in [-0.39, 0.29) is 21.7 Å². The van der Waals surface area contributed by atoms with E-state index in [0.29, 0.717) is 0 Å². The van der Waals surface area contributed by atoms with Gasteiger partial charge in [-0.2, -0.15) is 0 Å². The zero-order valence-electron chi connectivity index (χ0n) is 2.42. The molecule has 0 aliphatic carbocycles. The standard InChI is InChI=1S/4FH.Ti.W/h4*1H;;/q;;;;;+4/p-4. The molecule has 0 unspecified atom stereocenters. The largest absolute Gasteiger partial charge is 0 e. The van der Waals surface area contributed by atoms with Gasteiger partial charge in [0.1, 0.15) is 0 Å². The predicted octanol–water partition coefficient (Wildman–Crippen LogP) is 1.68. The Kier molecular flexibility index (Phi) is 5.37. The van der Waals surface area contributed by atoms with Crippen molar-refractivity contribution in [2.45, 2.75) is 0 Å². The molecule has 0 atom stereocenters. The molecule has 0 nitrogen and oxygen atoms in total. The van der Waals surface area contributed by atoms with Crippen molar-refractivity contribution in [3.63, 3.8) is 0 Å². The van der Waals surface area contributed by atoms with Gasteiger partial charge in [-0.1, -0.05) is 0 Å². The summed E-state index contributed by atoms with van der Waals surface area (Å²) in [4.78, 5) is 0. The van der Waals surface area contributed by atoms with Gasteiger partial charge in [0.2, 0.25) is 0 Å². The average molecular weight is 308 g/mol. The van der Waals surface area contributed by atoms with Gasteiger partial charge in [0.25, 0.3) is 0 Å². The zero-order valence-corrected chi connectivity index (χ0v) is 6.92. The minimum Gasteiger partial charge on any atom is 0 e. The smallest absolute Gasteiger partial charge is 0 e. The fraction of sp³-hybridized carbons (Fsp3) is 0. The molecule has 0 amide bonds. The van der Waals surface area contributed by atoms with Gasteiger partial charge in [0.05, 0.1) is 0 Å². The van der Waals surface area contributed by atoms with Crippen LogP contribution in [0.3, 0.4) is 0 Å². The van der Waals surface area contributed by atoms with Gasteiger partial charge in [-0.25, -0.2) is 0 Å². The summed E-state index contributed by atoms with van der Waals surface area (Å²) < 4.78 is 39.6. The van der Waals surface area contributed by atoms with Gasteiger partial charge in [0, 0.05) is 21.7 Å². The summed E-state index contributed by atoms with van der Waals surface area (Å²) in [5, 5.41) is 0. The zero-order chi connectivity index (χ0) is 4.50. The maximum absolute atomic E-state index is 9.90. The van der Waals surface area contributed by atoms with E-state index >= 15 is 0 Å². The van der Waals surface area contributed by atoms with E-state index in [2.05, 4.69) is 0 Å². The van der Waals surface area contributed by atoms with E-state index in [9.17, 15) is 12.6 Å². The van der Waals surface area contributed by atoms with Crippen molar-refractivity contribution >= 4 is 0 Å². The molecule has 0 rings (SSSR count).